The van der Waals surface area contributed by atoms with E-state index in [4.69, 9.17) is 4.74 Å². The quantitative estimate of drug-likeness (QED) is 0.856. The number of ether oxygens (including phenoxy) is 2. The molecule has 1 saturated heterocycles. The van der Waals surface area contributed by atoms with Gasteiger partial charge in [0, 0.05) is 18.7 Å². The summed E-state index contributed by atoms with van der Waals surface area (Å²) in [7, 11) is 0. The van der Waals surface area contributed by atoms with Crippen molar-refractivity contribution in [1.29, 1.82) is 0 Å². The van der Waals surface area contributed by atoms with E-state index in [0.29, 0.717) is 18.7 Å². The Morgan fingerprint density at radius 1 is 1.35 bits per heavy atom. The van der Waals surface area contributed by atoms with Crippen molar-refractivity contribution >= 4 is 5.91 Å². The molecule has 20 heavy (non-hydrogen) atoms. The van der Waals surface area contributed by atoms with Gasteiger partial charge in [0.2, 0.25) is 0 Å². The Hall–Kier alpha value is -1.69. The molecule has 0 saturated carbocycles. The molecule has 0 aliphatic carbocycles. The Labute approximate surface area is 116 Å². The van der Waals surface area contributed by atoms with E-state index in [1.165, 1.54) is 18.2 Å². The summed E-state index contributed by atoms with van der Waals surface area (Å²) in [6, 6.07) is 5.84. The highest BCUT2D eigenvalue weighted by Gasteiger charge is 2.26. The molecule has 1 aromatic carbocycles. The predicted molar refractivity (Wildman–Crippen MR) is 69.0 cm³/mol. The predicted octanol–water partition coefficient (Wildman–Crippen LogP) is 2.54. The van der Waals surface area contributed by atoms with Crippen molar-refractivity contribution in [1.82, 2.24) is 4.90 Å². The highest BCUT2D eigenvalue weighted by molar-refractivity contribution is 5.94. The lowest BCUT2D eigenvalue weighted by Gasteiger charge is -2.35. The number of hydrogen-bond acceptors (Lipinski definition) is 3. The first-order chi connectivity index (χ1) is 9.45. The molecule has 6 heteroatoms. The molecular formula is C14H17F2NO3. The number of hydrogen-bond donors (Lipinski definition) is 0. The summed E-state index contributed by atoms with van der Waals surface area (Å²) in [5.41, 5.74) is 0.337. The third kappa shape index (κ3) is 3.66. The first-order valence-electron chi connectivity index (χ1n) is 6.45. The Bertz CT molecular complexity index is 471. The lowest BCUT2D eigenvalue weighted by atomic mass is 10.1. The summed E-state index contributed by atoms with van der Waals surface area (Å²) < 4.78 is 34.2. The fraction of sp³-hybridized carbons (Fsp3) is 0.500. The third-order valence-electron chi connectivity index (χ3n) is 3.01. The van der Waals surface area contributed by atoms with Gasteiger partial charge in [0.1, 0.15) is 5.75 Å². The molecule has 0 radical (unpaired) electrons. The van der Waals surface area contributed by atoms with E-state index < -0.39 is 6.61 Å². The van der Waals surface area contributed by atoms with E-state index in [-0.39, 0.29) is 23.9 Å². The van der Waals surface area contributed by atoms with Crippen LogP contribution < -0.4 is 4.74 Å². The zero-order valence-electron chi connectivity index (χ0n) is 11.4. The van der Waals surface area contributed by atoms with E-state index in [2.05, 4.69) is 4.74 Å². The fourth-order valence-corrected chi connectivity index (χ4v) is 2.33. The van der Waals surface area contributed by atoms with E-state index in [1.807, 2.05) is 13.8 Å². The van der Waals surface area contributed by atoms with Crippen molar-refractivity contribution < 1.29 is 23.0 Å². The lowest BCUT2D eigenvalue weighted by molar-refractivity contribution is -0.0587. The van der Waals surface area contributed by atoms with Gasteiger partial charge in [0.15, 0.2) is 0 Å². The molecule has 0 spiro atoms. The van der Waals surface area contributed by atoms with Gasteiger partial charge in [-0.1, -0.05) is 6.07 Å². The molecule has 1 heterocycles. The smallest absolute Gasteiger partial charge is 0.387 e. The molecule has 1 amide bonds. The monoisotopic (exact) mass is 285 g/mol. The highest BCUT2D eigenvalue weighted by atomic mass is 19.3. The number of halogens is 2. The van der Waals surface area contributed by atoms with E-state index in [1.54, 1.807) is 11.0 Å². The summed E-state index contributed by atoms with van der Waals surface area (Å²) in [5, 5.41) is 0. The zero-order valence-corrected chi connectivity index (χ0v) is 11.4. The average molecular weight is 285 g/mol. The van der Waals surface area contributed by atoms with Gasteiger partial charge in [0.05, 0.1) is 12.2 Å². The SMILES string of the molecule is C[C@@H]1CN(C(=O)c2cccc(OC(F)F)c2)C[C@@H](C)O1. The summed E-state index contributed by atoms with van der Waals surface area (Å²) in [5.74, 6) is -0.216. The first-order valence-corrected chi connectivity index (χ1v) is 6.45. The van der Waals surface area contributed by atoms with E-state index in [0.717, 1.165) is 0 Å². The maximum Gasteiger partial charge on any atom is 0.387 e. The third-order valence-corrected chi connectivity index (χ3v) is 3.01. The summed E-state index contributed by atoms with van der Waals surface area (Å²) in [4.78, 5) is 14.0. The maximum atomic E-state index is 12.4. The van der Waals surface area contributed by atoms with Crippen molar-refractivity contribution in [2.75, 3.05) is 13.1 Å². The van der Waals surface area contributed by atoms with Crippen LogP contribution in [0.2, 0.25) is 0 Å². The van der Waals surface area contributed by atoms with Crippen molar-refractivity contribution in [3.8, 4) is 5.75 Å². The molecule has 4 nitrogen and oxygen atoms in total. The minimum Gasteiger partial charge on any atom is -0.435 e. The summed E-state index contributed by atoms with van der Waals surface area (Å²) in [6.07, 6.45) is -0.0774. The number of morpholine rings is 1. The van der Waals surface area contributed by atoms with Gasteiger partial charge in [-0.05, 0) is 32.0 Å². The average Bonchev–Trinajstić information content (AvgIpc) is 2.36. The van der Waals surface area contributed by atoms with Gasteiger partial charge in [-0.25, -0.2) is 0 Å². The second-order valence-corrected chi connectivity index (χ2v) is 4.87. The molecule has 0 N–H and O–H groups in total. The van der Waals surface area contributed by atoms with Gasteiger partial charge >= 0.3 is 6.61 Å². The molecule has 1 aliphatic rings. The van der Waals surface area contributed by atoms with Crippen molar-refractivity contribution in [3.63, 3.8) is 0 Å². The molecular weight excluding hydrogens is 268 g/mol. The largest absolute Gasteiger partial charge is 0.435 e. The lowest BCUT2D eigenvalue weighted by Crippen LogP contribution is -2.48. The molecule has 0 bridgehead atoms. The molecule has 2 atom stereocenters. The van der Waals surface area contributed by atoms with E-state index in [9.17, 15) is 13.6 Å². The number of rotatable bonds is 3. The van der Waals surface area contributed by atoms with Gasteiger partial charge in [-0.2, -0.15) is 8.78 Å². The molecule has 2 rings (SSSR count). The number of carbonyl (C=O) groups is 1. The zero-order chi connectivity index (χ0) is 14.7. The second-order valence-electron chi connectivity index (χ2n) is 4.87. The van der Waals surface area contributed by atoms with Crippen LogP contribution in [-0.2, 0) is 4.74 Å². The maximum absolute atomic E-state index is 12.4. The number of benzene rings is 1. The second kappa shape index (κ2) is 6.17. The van der Waals surface area contributed by atoms with Crippen LogP contribution in [0.3, 0.4) is 0 Å². The summed E-state index contributed by atoms with van der Waals surface area (Å²) in [6.45, 7) is 1.87. The number of nitrogens with zero attached hydrogens (tertiary/aromatic N) is 1. The number of carbonyl (C=O) groups excluding carboxylic acids is 1. The van der Waals surface area contributed by atoms with E-state index >= 15 is 0 Å². The minimum atomic E-state index is -2.90. The molecule has 1 aliphatic heterocycles. The van der Waals surface area contributed by atoms with Gasteiger partial charge in [0.25, 0.3) is 5.91 Å². The van der Waals surface area contributed by atoms with Gasteiger partial charge in [-0.3, -0.25) is 4.79 Å². The minimum absolute atomic E-state index is 0.0137. The van der Waals surface area contributed by atoms with Crippen molar-refractivity contribution in [2.24, 2.45) is 0 Å². The van der Waals surface area contributed by atoms with Crippen LogP contribution in [0.5, 0.6) is 5.75 Å². The first kappa shape index (κ1) is 14.7. The Morgan fingerprint density at radius 3 is 2.60 bits per heavy atom. The molecule has 0 aromatic heterocycles. The molecule has 1 fully saturated rings. The van der Waals surface area contributed by atoms with Crippen LogP contribution in [0.1, 0.15) is 24.2 Å². The van der Waals surface area contributed by atoms with Crippen molar-refractivity contribution in [2.45, 2.75) is 32.7 Å². The van der Waals surface area contributed by atoms with Gasteiger partial charge < -0.3 is 14.4 Å². The molecule has 110 valence electrons. The van der Waals surface area contributed by atoms with Crippen LogP contribution in [0, 0.1) is 0 Å². The molecule has 0 unspecified atom stereocenters. The topological polar surface area (TPSA) is 38.8 Å². The highest BCUT2D eigenvalue weighted by Crippen LogP contribution is 2.19. The van der Waals surface area contributed by atoms with Crippen LogP contribution in [0.4, 0.5) is 8.78 Å². The normalized spacial score (nSPS) is 22.9. The Morgan fingerprint density at radius 2 is 2.00 bits per heavy atom. The standard InChI is InChI=1S/C14H17F2NO3/c1-9-7-17(8-10(2)19-9)13(18)11-4-3-5-12(6-11)20-14(15)16/h3-6,9-10,14H,7-8H2,1-2H3/t9-,10-/m1/s1. The number of amides is 1. The van der Waals surface area contributed by atoms with Crippen LogP contribution in [0.25, 0.3) is 0 Å². The number of alkyl halides is 2. The Kier molecular flexibility index (Phi) is 4.54. The Balaban J connectivity index is 2.12. The fourth-order valence-electron chi connectivity index (χ4n) is 2.33. The molecule has 1 aromatic rings. The van der Waals surface area contributed by atoms with Crippen LogP contribution >= 0.6 is 0 Å². The van der Waals surface area contributed by atoms with Crippen LogP contribution in [-0.4, -0.2) is 42.7 Å². The van der Waals surface area contributed by atoms with Crippen molar-refractivity contribution in [3.05, 3.63) is 29.8 Å². The summed E-state index contributed by atoms with van der Waals surface area (Å²) >= 11 is 0. The van der Waals surface area contributed by atoms with Gasteiger partial charge in [-0.15, -0.1) is 0 Å². The van der Waals surface area contributed by atoms with Crippen LogP contribution in [0.15, 0.2) is 24.3 Å².